The van der Waals surface area contributed by atoms with E-state index in [9.17, 15) is 0 Å². The van der Waals surface area contributed by atoms with Gasteiger partial charge >= 0.3 is 0 Å². The van der Waals surface area contributed by atoms with E-state index in [-0.39, 0.29) is 0 Å². The fourth-order valence-electron chi connectivity index (χ4n) is 1.39. The molecule has 0 bridgehead atoms. The summed E-state index contributed by atoms with van der Waals surface area (Å²) in [6, 6.07) is 2.37. The molecule has 0 saturated heterocycles. The number of hydrogen-bond acceptors (Lipinski definition) is 4. The van der Waals surface area contributed by atoms with Crippen LogP contribution in [0.25, 0.3) is 0 Å². The molecule has 96 valence electrons. The first kappa shape index (κ1) is 14.8. The van der Waals surface area contributed by atoms with E-state index >= 15 is 0 Å². The molecule has 0 aliphatic carbocycles. The van der Waals surface area contributed by atoms with Crippen molar-refractivity contribution in [2.75, 3.05) is 17.3 Å². The summed E-state index contributed by atoms with van der Waals surface area (Å²) >= 11 is 5.30. The summed E-state index contributed by atoms with van der Waals surface area (Å²) in [5.41, 5.74) is 0. The van der Waals surface area contributed by atoms with Crippen LogP contribution in [0, 0.1) is 0 Å². The lowest BCUT2D eigenvalue weighted by Crippen LogP contribution is -2.17. The topological polar surface area (TPSA) is 37.8 Å². The van der Waals surface area contributed by atoms with Crippen molar-refractivity contribution >= 4 is 33.5 Å². The second-order valence-electron chi connectivity index (χ2n) is 4.42. The van der Waals surface area contributed by atoms with Gasteiger partial charge in [0.25, 0.3) is 0 Å². The van der Waals surface area contributed by atoms with E-state index in [1.165, 1.54) is 0 Å². The van der Waals surface area contributed by atoms with E-state index in [2.05, 4.69) is 58.2 Å². The smallest absolute Gasteiger partial charge is 0.134 e. The highest BCUT2D eigenvalue weighted by Crippen LogP contribution is 2.18. The zero-order valence-corrected chi connectivity index (χ0v) is 13.2. The van der Waals surface area contributed by atoms with E-state index in [1.807, 2.05) is 17.8 Å². The number of aromatic nitrogens is 2. The van der Waals surface area contributed by atoms with Crippen molar-refractivity contribution in [2.45, 2.75) is 39.2 Å². The standard InChI is InChI=1S/C12H20BrN3S/c1-8(2)12-15-10(13)7-11(16-12)14-9(3)5-6-17-4/h7-9H,5-6H2,1-4H3,(H,14,15,16). The van der Waals surface area contributed by atoms with Crippen LogP contribution in [0.1, 0.15) is 38.9 Å². The molecule has 1 aromatic rings. The van der Waals surface area contributed by atoms with Crippen molar-refractivity contribution in [2.24, 2.45) is 0 Å². The average Bonchev–Trinajstić information content (AvgIpc) is 2.25. The van der Waals surface area contributed by atoms with Gasteiger partial charge in [-0.15, -0.1) is 0 Å². The van der Waals surface area contributed by atoms with Crippen molar-refractivity contribution in [1.29, 1.82) is 0 Å². The summed E-state index contributed by atoms with van der Waals surface area (Å²) in [6.07, 6.45) is 3.27. The predicted octanol–water partition coefficient (Wildman–Crippen LogP) is 3.92. The Morgan fingerprint density at radius 2 is 2.06 bits per heavy atom. The summed E-state index contributed by atoms with van der Waals surface area (Å²) in [5.74, 6) is 3.29. The third kappa shape index (κ3) is 5.25. The van der Waals surface area contributed by atoms with E-state index in [1.54, 1.807) is 0 Å². The largest absolute Gasteiger partial charge is 0.367 e. The second-order valence-corrected chi connectivity index (χ2v) is 6.21. The highest BCUT2D eigenvalue weighted by Gasteiger charge is 2.08. The maximum Gasteiger partial charge on any atom is 0.134 e. The minimum atomic E-state index is 0.342. The number of rotatable bonds is 6. The Balaban J connectivity index is 2.70. The van der Waals surface area contributed by atoms with Gasteiger partial charge in [-0.05, 0) is 41.3 Å². The molecule has 1 N–H and O–H groups in total. The first-order valence-electron chi connectivity index (χ1n) is 5.83. The van der Waals surface area contributed by atoms with Crippen LogP contribution >= 0.6 is 27.7 Å². The van der Waals surface area contributed by atoms with E-state index in [0.29, 0.717) is 12.0 Å². The molecule has 1 rings (SSSR count). The summed E-state index contributed by atoms with van der Waals surface area (Å²) in [5, 5.41) is 3.42. The summed E-state index contributed by atoms with van der Waals surface area (Å²) in [6.45, 7) is 6.38. The molecule has 0 saturated carbocycles. The van der Waals surface area contributed by atoms with Crippen molar-refractivity contribution in [3.05, 3.63) is 16.5 Å². The van der Waals surface area contributed by atoms with Gasteiger partial charge in [0.15, 0.2) is 0 Å². The van der Waals surface area contributed by atoms with Gasteiger partial charge < -0.3 is 5.32 Å². The molecular weight excluding hydrogens is 298 g/mol. The Bertz CT molecular complexity index is 358. The van der Waals surface area contributed by atoms with E-state index in [0.717, 1.165) is 28.4 Å². The van der Waals surface area contributed by atoms with Crippen molar-refractivity contribution in [3.63, 3.8) is 0 Å². The molecule has 1 unspecified atom stereocenters. The molecule has 0 amide bonds. The van der Waals surface area contributed by atoms with Crippen LogP contribution in [0.3, 0.4) is 0 Å². The maximum absolute atomic E-state index is 4.52. The van der Waals surface area contributed by atoms with Crippen LogP contribution in [0.15, 0.2) is 10.7 Å². The third-order valence-corrected chi connectivity index (χ3v) is 3.43. The average molecular weight is 318 g/mol. The highest BCUT2D eigenvalue weighted by atomic mass is 79.9. The number of halogens is 1. The summed E-state index contributed by atoms with van der Waals surface area (Å²) in [7, 11) is 0. The van der Waals surface area contributed by atoms with Crippen molar-refractivity contribution in [3.8, 4) is 0 Å². The fourth-order valence-corrected chi connectivity index (χ4v) is 2.37. The number of hydrogen-bond donors (Lipinski definition) is 1. The Morgan fingerprint density at radius 3 is 2.65 bits per heavy atom. The minimum Gasteiger partial charge on any atom is -0.367 e. The molecule has 17 heavy (non-hydrogen) atoms. The third-order valence-electron chi connectivity index (χ3n) is 2.38. The zero-order valence-electron chi connectivity index (χ0n) is 10.8. The highest BCUT2D eigenvalue weighted by molar-refractivity contribution is 9.10. The minimum absolute atomic E-state index is 0.342. The second kappa shape index (κ2) is 7.21. The Kier molecular flexibility index (Phi) is 6.27. The van der Waals surface area contributed by atoms with Gasteiger partial charge in [0.05, 0.1) is 0 Å². The molecule has 0 radical (unpaired) electrons. The number of nitrogens with zero attached hydrogens (tertiary/aromatic N) is 2. The molecule has 0 fully saturated rings. The van der Waals surface area contributed by atoms with Gasteiger partial charge in [-0.25, -0.2) is 9.97 Å². The molecule has 1 aromatic heterocycles. The molecule has 1 atom stereocenters. The van der Waals surface area contributed by atoms with Crippen LogP contribution in [0.5, 0.6) is 0 Å². The lowest BCUT2D eigenvalue weighted by Gasteiger charge is -2.15. The summed E-state index contributed by atoms with van der Waals surface area (Å²) < 4.78 is 0.843. The van der Waals surface area contributed by atoms with Crippen LogP contribution in [0.4, 0.5) is 5.82 Å². The maximum atomic E-state index is 4.52. The molecule has 5 heteroatoms. The fraction of sp³-hybridized carbons (Fsp3) is 0.667. The van der Waals surface area contributed by atoms with Gasteiger partial charge in [0, 0.05) is 18.0 Å². The lowest BCUT2D eigenvalue weighted by atomic mass is 10.2. The molecule has 0 aliphatic rings. The van der Waals surface area contributed by atoms with Crippen LogP contribution in [-0.2, 0) is 0 Å². The van der Waals surface area contributed by atoms with Gasteiger partial charge in [-0.2, -0.15) is 11.8 Å². The first-order chi connectivity index (χ1) is 8.02. The van der Waals surface area contributed by atoms with Gasteiger partial charge in [-0.3, -0.25) is 0 Å². The van der Waals surface area contributed by atoms with Crippen LogP contribution < -0.4 is 5.32 Å². The molecule has 1 heterocycles. The molecule has 0 aromatic carbocycles. The van der Waals surface area contributed by atoms with Gasteiger partial charge in [0.2, 0.25) is 0 Å². The molecule has 0 spiro atoms. The van der Waals surface area contributed by atoms with E-state index < -0.39 is 0 Å². The Morgan fingerprint density at radius 1 is 1.35 bits per heavy atom. The molecule has 3 nitrogen and oxygen atoms in total. The van der Waals surface area contributed by atoms with Crippen molar-refractivity contribution < 1.29 is 0 Å². The normalized spacial score (nSPS) is 12.8. The number of nitrogens with one attached hydrogen (secondary N) is 1. The number of thioether (sulfide) groups is 1. The lowest BCUT2D eigenvalue weighted by molar-refractivity contribution is 0.743. The monoisotopic (exact) mass is 317 g/mol. The van der Waals surface area contributed by atoms with Crippen LogP contribution in [0.2, 0.25) is 0 Å². The quantitative estimate of drug-likeness (QED) is 0.807. The summed E-state index contributed by atoms with van der Waals surface area (Å²) in [4.78, 5) is 8.89. The van der Waals surface area contributed by atoms with E-state index in [4.69, 9.17) is 0 Å². The predicted molar refractivity (Wildman–Crippen MR) is 79.9 cm³/mol. The Hall–Kier alpha value is -0.290. The van der Waals surface area contributed by atoms with Crippen LogP contribution in [-0.4, -0.2) is 28.0 Å². The zero-order chi connectivity index (χ0) is 12.8. The van der Waals surface area contributed by atoms with Crippen molar-refractivity contribution in [1.82, 2.24) is 9.97 Å². The first-order valence-corrected chi connectivity index (χ1v) is 8.01. The van der Waals surface area contributed by atoms with Gasteiger partial charge in [0.1, 0.15) is 16.2 Å². The number of anilines is 1. The SMILES string of the molecule is CSCCC(C)Nc1cc(Br)nc(C(C)C)n1. The molecular formula is C12H20BrN3S. The Labute approximate surface area is 116 Å². The molecule has 0 aliphatic heterocycles. The van der Waals surface area contributed by atoms with Gasteiger partial charge in [-0.1, -0.05) is 13.8 Å².